The predicted molar refractivity (Wildman–Crippen MR) is 115 cm³/mol. The van der Waals surface area contributed by atoms with E-state index in [1.807, 2.05) is 26.0 Å². The summed E-state index contributed by atoms with van der Waals surface area (Å²) < 4.78 is 33.1. The van der Waals surface area contributed by atoms with Crippen LogP contribution in [0, 0.1) is 0 Å². The highest BCUT2D eigenvalue weighted by molar-refractivity contribution is 7.89. The number of ether oxygens (including phenoxy) is 1. The lowest BCUT2D eigenvalue weighted by Crippen LogP contribution is -2.50. The standard InChI is InChI=1S/C22H36N2O4S/c1-18(2)28-17-21(25)16-23-12-14-24(15-13-23)29(26,27)22-10-8-20(9-11-22)19-6-4-3-5-7-19/h8-11,18-19,21,25H,3-7,12-17H2,1-2H3. The Morgan fingerprint density at radius 1 is 1.03 bits per heavy atom. The van der Waals surface area contributed by atoms with E-state index in [1.165, 1.54) is 37.7 Å². The zero-order chi connectivity index (χ0) is 20.9. The normalized spacial score (nSPS) is 21.5. The van der Waals surface area contributed by atoms with Gasteiger partial charge in [-0.25, -0.2) is 8.42 Å². The second-order valence-corrected chi connectivity index (χ2v) is 10.6. The zero-order valence-corrected chi connectivity index (χ0v) is 18.6. The number of nitrogens with zero attached hydrogens (tertiary/aromatic N) is 2. The van der Waals surface area contributed by atoms with Crippen LogP contribution in [-0.2, 0) is 14.8 Å². The van der Waals surface area contributed by atoms with Crippen LogP contribution in [0.15, 0.2) is 29.2 Å². The minimum atomic E-state index is -3.46. The maximum atomic E-state index is 13.0. The number of benzene rings is 1. The van der Waals surface area contributed by atoms with Gasteiger partial charge in [0.15, 0.2) is 0 Å². The first-order chi connectivity index (χ1) is 13.9. The van der Waals surface area contributed by atoms with Gasteiger partial charge in [0.1, 0.15) is 0 Å². The van der Waals surface area contributed by atoms with Crippen LogP contribution in [0.25, 0.3) is 0 Å². The molecule has 3 rings (SSSR count). The van der Waals surface area contributed by atoms with Crippen LogP contribution in [-0.4, -0.2) is 74.3 Å². The molecule has 0 spiro atoms. The third-order valence-corrected chi connectivity index (χ3v) is 7.93. The third kappa shape index (κ3) is 6.25. The van der Waals surface area contributed by atoms with Crippen molar-refractivity contribution in [2.24, 2.45) is 0 Å². The van der Waals surface area contributed by atoms with Gasteiger partial charge in [0, 0.05) is 32.7 Å². The summed E-state index contributed by atoms with van der Waals surface area (Å²) in [5.74, 6) is 0.579. The van der Waals surface area contributed by atoms with Gasteiger partial charge in [-0.1, -0.05) is 31.4 Å². The van der Waals surface area contributed by atoms with Gasteiger partial charge in [0.05, 0.1) is 23.7 Å². The minimum Gasteiger partial charge on any atom is -0.389 e. The second-order valence-electron chi connectivity index (χ2n) is 8.64. The van der Waals surface area contributed by atoms with Gasteiger partial charge < -0.3 is 9.84 Å². The van der Waals surface area contributed by atoms with Crippen LogP contribution < -0.4 is 0 Å². The summed E-state index contributed by atoms with van der Waals surface area (Å²) in [5.41, 5.74) is 1.27. The van der Waals surface area contributed by atoms with E-state index in [0.29, 0.717) is 50.1 Å². The van der Waals surface area contributed by atoms with Crippen LogP contribution in [0.1, 0.15) is 57.4 Å². The average Bonchev–Trinajstić information content (AvgIpc) is 2.73. The maximum Gasteiger partial charge on any atom is 0.243 e. The van der Waals surface area contributed by atoms with Gasteiger partial charge in [-0.2, -0.15) is 4.31 Å². The fourth-order valence-electron chi connectivity index (χ4n) is 4.30. The lowest BCUT2D eigenvalue weighted by molar-refractivity contribution is -0.0117. The minimum absolute atomic E-state index is 0.0937. The molecule has 1 aliphatic carbocycles. The summed E-state index contributed by atoms with van der Waals surface area (Å²) in [6, 6.07) is 7.56. The van der Waals surface area contributed by atoms with Crippen LogP contribution in [0.2, 0.25) is 0 Å². The van der Waals surface area contributed by atoms with E-state index >= 15 is 0 Å². The van der Waals surface area contributed by atoms with Crippen LogP contribution in [0.4, 0.5) is 0 Å². The Morgan fingerprint density at radius 3 is 2.24 bits per heavy atom. The molecule has 0 amide bonds. The fraction of sp³-hybridized carbons (Fsp3) is 0.727. The van der Waals surface area contributed by atoms with Gasteiger partial charge in [0.25, 0.3) is 0 Å². The van der Waals surface area contributed by atoms with E-state index in [9.17, 15) is 13.5 Å². The number of hydrogen-bond donors (Lipinski definition) is 1. The molecular weight excluding hydrogens is 388 g/mol. The third-order valence-electron chi connectivity index (χ3n) is 6.02. The van der Waals surface area contributed by atoms with Crippen molar-refractivity contribution in [3.05, 3.63) is 29.8 Å². The molecular formula is C22H36N2O4S. The highest BCUT2D eigenvalue weighted by Gasteiger charge is 2.29. The molecule has 2 aliphatic rings. The molecule has 1 saturated heterocycles. The first kappa shape index (κ1) is 22.7. The Kier molecular flexibility index (Phi) is 8.10. The zero-order valence-electron chi connectivity index (χ0n) is 17.8. The van der Waals surface area contributed by atoms with Crippen LogP contribution >= 0.6 is 0 Å². The van der Waals surface area contributed by atoms with Gasteiger partial charge in [-0.15, -0.1) is 0 Å². The van der Waals surface area contributed by atoms with E-state index in [1.54, 1.807) is 16.4 Å². The summed E-state index contributed by atoms with van der Waals surface area (Å²) in [7, 11) is -3.46. The number of piperazine rings is 1. The van der Waals surface area contributed by atoms with Crippen molar-refractivity contribution >= 4 is 10.0 Å². The molecule has 1 atom stereocenters. The van der Waals surface area contributed by atoms with E-state index in [2.05, 4.69) is 4.90 Å². The van der Waals surface area contributed by atoms with Crippen LogP contribution in [0.5, 0.6) is 0 Å². The molecule has 1 aromatic carbocycles. The number of aliphatic hydroxyl groups excluding tert-OH is 1. The molecule has 0 bridgehead atoms. The molecule has 2 fully saturated rings. The average molecular weight is 425 g/mol. The Hall–Kier alpha value is -0.990. The van der Waals surface area contributed by atoms with Gasteiger partial charge in [-0.3, -0.25) is 4.90 Å². The summed E-state index contributed by atoms with van der Waals surface area (Å²) >= 11 is 0. The number of hydrogen-bond acceptors (Lipinski definition) is 5. The summed E-state index contributed by atoms with van der Waals surface area (Å²) in [4.78, 5) is 2.49. The Balaban J connectivity index is 1.53. The van der Waals surface area contributed by atoms with E-state index in [4.69, 9.17) is 4.74 Å². The number of β-amino-alcohol motifs (C(OH)–C–C–N with tert-alkyl or cyclic N) is 1. The second kappa shape index (κ2) is 10.4. The Bertz CT molecular complexity index is 722. The molecule has 164 valence electrons. The molecule has 1 saturated carbocycles. The van der Waals surface area contributed by atoms with E-state index in [0.717, 1.165) is 0 Å². The highest BCUT2D eigenvalue weighted by atomic mass is 32.2. The molecule has 6 nitrogen and oxygen atoms in total. The van der Waals surface area contributed by atoms with E-state index in [-0.39, 0.29) is 6.10 Å². The summed E-state index contributed by atoms with van der Waals surface area (Å²) in [5, 5.41) is 10.1. The molecule has 1 heterocycles. The Morgan fingerprint density at radius 2 is 1.66 bits per heavy atom. The SMILES string of the molecule is CC(C)OCC(O)CN1CCN(S(=O)(=O)c2ccc(C3CCCCC3)cc2)CC1. The molecule has 1 aliphatic heterocycles. The molecule has 1 N–H and O–H groups in total. The number of aliphatic hydroxyl groups is 1. The van der Waals surface area contributed by atoms with Crippen molar-refractivity contribution in [1.82, 2.24) is 9.21 Å². The smallest absolute Gasteiger partial charge is 0.243 e. The summed E-state index contributed by atoms with van der Waals surface area (Å²) in [6.45, 7) is 6.85. The van der Waals surface area contributed by atoms with Crippen molar-refractivity contribution < 1.29 is 18.3 Å². The van der Waals surface area contributed by atoms with Crippen LogP contribution in [0.3, 0.4) is 0 Å². The lowest BCUT2D eigenvalue weighted by atomic mass is 9.84. The van der Waals surface area contributed by atoms with Gasteiger partial charge >= 0.3 is 0 Å². The topological polar surface area (TPSA) is 70.1 Å². The Labute approximate surface area is 175 Å². The molecule has 29 heavy (non-hydrogen) atoms. The number of sulfonamides is 1. The predicted octanol–water partition coefficient (Wildman–Crippen LogP) is 2.83. The molecule has 0 radical (unpaired) electrons. The highest BCUT2D eigenvalue weighted by Crippen LogP contribution is 2.33. The molecule has 0 aromatic heterocycles. The van der Waals surface area contributed by atoms with Crippen molar-refractivity contribution in [2.75, 3.05) is 39.3 Å². The van der Waals surface area contributed by atoms with Gasteiger partial charge in [0.2, 0.25) is 10.0 Å². The van der Waals surface area contributed by atoms with E-state index < -0.39 is 16.1 Å². The monoisotopic (exact) mass is 424 g/mol. The summed E-state index contributed by atoms with van der Waals surface area (Å²) in [6.07, 6.45) is 5.82. The quantitative estimate of drug-likeness (QED) is 0.695. The first-order valence-electron chi connectivity index (χ1n) is 11.0. The van der Waals surface area contributed by atoms with Crippen molar-refractivity contribution in [3.63, 3.8) is 0 Å². The maximum absolute atomic E-state index is 13.0. The fourth-order valence-corrected chi connectivity index (χ4v) is 5.73. The molecule has 7 heteroatoms. The van der Waals surface area contributed by atoms with Crippen molar-refractivity contribution in [1.29, 1.82) is 0 Å². The molecule has 1 unspecified atom stereocenters. The van der Waals surface area contributed by atoms with Crippen molar-refractivity contribution in [2.45, 2.75) is 69.0 Å². The lowest BCUT2D eigenvalue weighted by Gasteiger charge is -2.35. The number of rotatable bonds is 8. The van der Waals surface area contributed by atoms with Crippen molar-refractivity contribution in [3.8, 4) is 0 Å². The van der Waals surface area contributed by atoms with Gasteiger partial charge in [-0.05, 0) is 50.3 Å². The first-order valence-corrected chi connectivity index (χ1v) is 12.4. The molecule has 1 aromatic rings. The largest absolute Gasteiger partial charge is 0.389 e.